The molecule has 0 saturated carbocycles. The van der Waals surface area contributed by atoms with E-state index in [-0.39, 0.29) is 16.6 Å². The smallest absolute Gasteiger partial charge is 0.235 e. The van der Waals surface area contributed by atoms with E-state index in [1.54, 1.807) is 18.2 Å². The minimum Gasteiger partial charge on any atom is -0.489 e. The highest BCUT2D eigenvalue weighted by atomic mass is 35.5. The van der Waals surface area contributed by atoms with Gasteiger partial charge in [0.25, 0.3) is 0 Å². The van der Waals surface area contributed by atoms with E-state index in [1.807, 2.05) is 48.5 Å². The zero-order valence-electron chi connectivity index (χ0n) is 17.6. The zero-order chi connectivity index (χ0) is 22.0. The molecule has 0 aliphatic rings. The molecule has 4 rings (SSSR count). The molecule has 1 aromatic heterocycles. The molecule has 158 valence electrons. The molecule has 31 heavy (non-hydrogen) atoms. The molecule has 0 atom stereocenters. The number of benzene rings is 3. The molecule has 5 heteroatoms. The first kappa shape index (κ1) is 21.0. The molecule has 0 aliphatic carbocycles. The van der Waals surface area contributed by atoms with Gasteiger partial charge in [-0.2, -0.15) is 0 Å². The fraction of sp³-hybridized carbons (Fsp3) is 0.192. The Balaban J connectivity index is 1.51. The summed E-state index contributed by atoms with van der Waals surface area (Å²) in [6.45, 7) is 6.83. The highest BCUT2D eigenvalue weighted by Gasteiger charge is 2.14. The van der Waals surface area contributed by atoms with Gasteiger partial charge in [0.15, 0.2) is 0 Å². The number of hydrogen-bond donors (Lipinski definition) is 0. The second-order valence-corrected chi connectivity index (χ2v) is 8.82. The van der Waals surface area contributed by atoms with Crippen LogP contribution in [0.2, 0.25) is 5.02 Å². The van der Waals surface area contributed by atoms with E-state index in [4.69, 9.17) is 25.5 Å². The Morgan fingerprint density at radius 1 is 0.903 bits per heavy atom. The Hall–Kier alpha value is -3.24. The highest BCUT2D eigenvalue weighted by Crippen LogP contribution is 2.27. The van der Waals surface area contributed by atoms with Crippen LogP contribution in [0.1, 0.15) is 31.9 Å². The van der Waals surface area contributed by atoms with Crippen LogP contribution >= 0.6 is 11.6 Å². The molecular weight excluding hydrogens is 412 g/mol. The Labute approximate surface area is 186 Å². The van der Waals surface area contributed by atoms with E-state index in [2.05, 4.69) is 20.8 Å². The van der Waals surface area contributed by atoms with Crippen molar-refractivity contribution in [1.29, 1.82) is 0 Å². The summed E-state index contributed by atoms with van der Waals surface area (Å²) in [6, 6.07) is 20.3. The number of rotatable bonds is 5. The second kappa shape index (κ2) is 8.48. The van der Waals surface area contributed by atoms with Gasteiger partial charge >= 0.3 is 0 Å². The minimum atomic E-state index is -0.231. The summed E-state index contributed by atoms with van der Waals surface area (Å²) in [5.74, 6) is 1.34. The first-order chi connectivity index (χ1) is 14.8. The molecule has 3 aromatic carbocycles. The van der Waals surface area contributed by atoms with Crippen LogP contribution in [0.3, 0.4) is 0 Å². The van der Waals surface area contributed by atoms with Gasteiger partial charge in [-0.25, -0.2) is 0 Å². The predicted molar refractivity (Wildman–Crippen MR) is 123 cm³/mol. The third-order valence-corrected chi connectivity index (χ3v) is 5.23. The number of fused-ring (bicyclic) bond motifs is 1. The van der Waals surface area contributed by atoms with Gasteiger partial charge in [-0.05, 0) is 52.9 Å². The molecule has 4 aromatic rings. The zero-order valence-corrected chi connectivity index (χ0v) is 18.4. The molecule has 4 nitrogen and oxygen atoms in total. The van der Waals surface area contributed by atoms with E-state index in [9.17, 15) is 4.79 Å². The van der Waals surface area contributed by atoms with Crippen molar-refractivity contribution in [2.45, 2.75) is 32.8 Å². The Morgan fingerprint density at radius 2 is 1.58 bits per heavy atom. The van der Waals surface area contributed by atoms with E-state index >= 15 is 0 Å². The van der Waals surface area contributed by atoms with Gasteiger partial charge < -0.3 is 13.9 Å². The van der Waals surface area contributed by atoms with Crippen LogP contribution in [0.25, 0.3) is 11.0 Å². The van der Waals surface area contributed by atoms with Gasteiger partial charge in [0, 0.05) is 11.1 Å². The summed E-state index contributed by atoms with van der Waals surface area (Å²) in [5.41, 5.74) is 2.44. The second-order valence-electron chi connectivity index (χ2n) is 8.38. The van der Waals surface area contributed by atoms with Crippen molar-refractivity contribution in [1.82, 2.24) is 0 Å². The summed E-state index contributed by atoms with van der Waals surface area (Å²) >= 11 is 5.90. The van der Waals surface area contributed by atoms with Crippen molar-refractivity contribution in [2.75, 3.05) is 0 Å². The third kappa shape index (κ3) is 4.92. The Morgan fingerprint density at radius 3 is 2.26 bits per heavy atom. The monoisotopic (exact) mass is 434 g/mol. The quantitative estimate of drug-likeness (QED) is 0.335. The largest absolute Gasteiger partial charge is 0.489 e. The maximum Gasteiger partial charge on any atom is 0.235 e. The summed E-state index contributed by atoms with van der Waals surface area (Å²) < 4.78 is 17.2. The lowest BCUT2D eigenvalue weighted by Gasteiger charge is -2.19. The van der Waals surface area contributed by atoms with Crippen molar-refractivity contribution in [3.8, 4) is 17.2 Å². The lowest BCUT2D eigenvalue weighted by atomic mass is 9.87. The molecule has 0 N–H and O–H groups in total. The van der Waals surface area contributed by atoms with Crippen LogP contribution < -0.4 is 14.9 Å². The molecular formula is C26H23ClO4. The highest BCUT2D eigenvalue weighted by molar-refractivity contribution is 6.30. The van der Waals surface area contributed by atoms with Gasteiger partial charge in [-0.1, -0.05) is 56.6 Å². The van der Waals surface area contributed by atoms with Crippen LogP contribution in [0.15, 0.2) is 82.2 Å². The normalized spacial score (nSPS) is 11.5. The summed E-state index contributed by atoms with van der Waals surface area (Å²) in [5, 5.41) is 1.11. The molecule has 0 aliphatic heterocycles. The summed E-state index contributed by atoms with van der Waals surface area (Å²) in [7, 11) is 0. The lowest BCUT2D eigenvalue weighted by Crippen LogP contribution is -2.10. The first-order valence-corrected chi connectivity index (χ1v) is 10.4. The van der Waals surface area contributed by atoms with Gasteiger partial charge in [0.2, 0.25) is 11.2 Å². The van der Waals surface area contributed by atoms with Crippen LogP contribution in [0, 0.1) is 0 Å². The third-order valence-electron chi connectivity index (χ3n) is 4.98. The molecule has 0 saturated heterocycles. The Bertz CT molecular complexity index is 1250. The predicted octanol–water partition coefficient (Wildman–Crippen LogP) is 7.12. The van der Waals surface area contributed by atoms with Gasteiger partial charge in [-0.15, -0.1) is 0 Å². The number of hydrogen-bond acceptors (Lipinski definition) is 4. The van der Waals surface area contributed by atoms with E-state index in [0.29, 0.717) is 34.1 Å². The van der Waals surface area contributed by atoms with E-state index in [1.165, 1.54) is 11.8 Å². The maximum atomic E-state index is 12.8. The fourth-order valence-corrected chi connectivity index (χ4v) is 3.27. The van der Waals surface area contributed by atoms with Crippen LogP contribution in [0.4, 0.5) is 0 Å². The first-order valence-electron chi connectivity index (χ1n) is 10.0. The van der Waals surface area contributed by atoms with Crippen LogP contribution in [-0.2, 0) is 12.0 Å². The van der Waals surface area contributed by atoms with E-state index in [0.717, 1.165) is 5.56 Å². The summed E-state index contributed by atoms with van der Waals surface area (Å²) in [4.78, 5) is 12.8. The van der Waals surface area contributed by atoms with Crippen LogP contribution in [-0.4, -0.2) is 0 Å². The number of ether oxygens (including phenoxy) is 2. The lowest BCUT2D eigenvalue weighted by molar-refractivity contribution is 0.306. The average Bonchev–Trinajstić information content (AvgIpc) is 2.75. The SMILES string of the molecule is CC(C)(C)c1ccc(Oc2coc3cc(OCc4ccc(Cl)cc4)ccc3c2=O)cc1. The molecule has 1 heterocycles. The minimum absolute atomic E-state index is 0.0494. The number of halogens is 1. The topological polar surface area (TPSA) is 48.7 Å². The van der Waals surface area contributed by atoms with Gasteiger partial charge in [0.05, 0.1) is 5.39 Å². The molecule has 0 amide bonds. The van der Waals surface area contributed by atoms with Crippen molar-refractivity contribution in [3.63, 3.8) is 0 Å². The maximum absolute atomic E-state index is 12.8. The molecule has 0 fully saturated rings. The average molecular weight is 435 g/mol. The van der Waals surface area contributed by atoms with Gasteiger partial charge in [-0.3, -0.25) is 4.79 Å². The van der Waals surface area contributed by atoms with Gasteiger partial charge in [0.1, 0.15) is 30.0 Å². The molecule has 0 unspecified atom stereocenters. The fourth-order valence-electron chi connectivity index (χ4n) is 3.15. The standard InChI is InChI=1S/C26H23ClO4/c1-26(2,3)18-6-10-20(11-7-18)31-24-16-30-23-14-21(12-13-22(23)25(24)28)29-15-17-4-8-19(27)9-5-17/h4-14,16H,15H2,1-3H3. The van der Waals surface area contributed by atoms with E-state index < -0.39 is 0 Å². The molecule has 0 spiro atoms. The van der Waals surface area contributed by atoms with Crippen LogP contribution in [0.5, 0.6) is 17.2 Å². The molecule has 0 bridgehead atoms. The van der Waals surface area contributed by atoms with Crippen molar-refractivity contribution < 1.29 is 13.9 Å². The van der Waals surface area contributed by atoms with Crippen molar-refractivity contribution in [2.24, 2.45) is 0 Å². The van der Waals surface area contributed by atoms with Crippen molar-refractivity contribution >= 4 is 22.6 Å². The Kier molecular flexibility index (Phi) is 5.75. The molecule has 0 radical (unpaired) electrons. The van der Waals surface area contributed by atoms with Crippen molar-refractivity contribution in [3.05, 3.63) is 99.4 Å². The summed E-state index contributed by atoms with van der Waals surface area (Å²) in [6.07, 6.45) is 1.34.